The Kier molecular flexibility index (Phi) is 4.12. The van der Waals surface area contributed by atoms with Gasteiger partial charge in [0.05, 0.1) is 17.7 Å². The van der Waals surface area contributed by atoms with E-state index in [9.17, 15) is 0 Å². The summed E-state index contributed by atoms with van der Waals surface area (Å²) < 4.78 is 10.8. The number of rotatable bonds is 5. The van der Waals surface area contributed by atoms with Crippen LogP contribution in [0.25, 0.3) is 11.4 Å². The van der Waals surface area contributed by atoms with Crippen LogP contribution in [-0.2, 0) is 0 Å². The fraction of sp³-hybridized carbons (Fsp3) is 0.571. The van der Waals surface area contributed by atoms with Gasteiger partial charge in [0.2, 0.25) is 11.7 Å². The van der Waals surface area contributed by atoms with Crippen molar-refractivity contribution in [2.24, 2.45) is 0 Å². The quantitative estimate of drug-likeness (QED) is 0.914. The predicted molar refractivity (Wildman–Crippen MR) is 78.9 cm³/mol. The molecule has 0 amide bonds. The summed E-state index contributed by atoms with van der Waals surface area (Å²) in [5.41, 5.74) is 0.906. The number of hydrogen-bond donors (Lipinski definition) is 1. The molecule has 1 saturated heterocycles. The van der Waals surface area contributed by atoms with Crippen molar-refractivity contribution in [1.82, 2.24) is 15.5 Å². The molecule has 0 aliphatic carbocycles. The SMILES string of the molecule is CCCNC1CSCC1c1nc(-c2ccoc2C)no1. The van der Waals surface area contributed by atoms with Crippen LogP contribution in [0.3, 0.4) is 0 Å². The van der Waals surface area contributed by atoms with Crippen molar-refractivity contribution in [2.45, 2.75) is 32.2 Å². The second kappa shape index (κ2) is 6.01. The Bertz CT molecular complexity index is 566. The van der Waals surface area contributed by atoms with Crippen LogP contribution in [0.1, 0.15) is 30.9 Å². The highest BCUT2D eigenvalue weighted by Crippen LogP contribution is 2.33. The van der Waals surface area contributed by atoms with Gasteiger partial charge in [-0.2, -0.15) is 16.7 Å². The number of thioether (sulfide) groups is 1. The molecule has 3 heterocycles. The summed E-state index contributed by atoms with van der Waals surface area (Å²) in [5.74, 6) is 4.62. The molecule has 0 aromatic carbocycles. The number of furan rings is 1. The van der Waals surface area contributed by atoms with E-state index in [4.69, 9.17) is 8.94 Å². The summed E-state index contributed by atoms with van der Waals surface area (Å²) in [6, 6.07) is 2.30. The summed E-state index contributed by atoms with van der Waals surface area (Å²) in [7, 11) is 0. The van der Waals surface area contributed by atoms with E-state index >= 15 is 0 Å². The molecule has 1 aliphatic heterocycles. The number of hydrogen-bond acceptors (Lipinski definition) is 6. The molecule has 20 heavy (non-hydrogen) atoms. The standard InChI is InChI=1S/C14H19N3O2S/c1-3-5-15-12-8-20-7-11(12)14-16-13(17-19-14)10-4-6-18-9(10)2/h4,6,11-12,15H,3,5,7-8H2,1-2H3. The van der Waals surface area contributed by atoms with E-state index in [2.05, 4.69) is 22.4 Å². The third kappa shape index (κ3) is 2.62. The maximum atomic E-state index is 5.48. The van der Waals surface area contributed by atoms with E-state index in [1.807, 2.05) is 24.8 Å². The third-order valence-electron chi connectivity index (χ3n) is 3.60. The van der Waals surface area contributed by atoms with Crippen LogP contribution in [0.2, 0.25) is 0 Å². The van der Waals surface area contributed by atoms with Gasteiger partial charge in [-0.3, -0.25) is 0 Å². The minimum absolute atomic E-state index is 0.306. The maximum Gasteiger partial charge on any atom is 0.232 e. The third-order valence-corrected chi connectivity index (χ3v) is 4.79. The van der Waals surface area contributed by atoms with Crippen LogP contribution in [0.5, 0.6) is 0 Å². The molecule has 2 atom stereocenters. The first-order valence-corrected chi connectivity index (χ1v) is 8.14. The Labute approximate surface area is 122 Å². The molecule has 5 nitrogen and oxygen atoms in total. The van der Waals surface area contributed by atoms with Crippen molar-refractivity contribution in [2.75, 3.05) is 18.1 Å². The molecule has 2 aromatic rings. The molecule has 108 valence electrons. The highest BCUT2D eigenvalue weighted by atomic mass is 32.2. The van der Waals surface area contributed by atoms with Gasteiger partial charge in [0.1, 0.15) is 5.76 Å². The maximum absolute atomic E-state index is 5.48. The summed E-state index contributed by atoms with van der Waals surface area (Å²) in [6.45, 7) is 5.11. The zero-order valence-electron chi connectivity index (χ0n) is 11.8. The van der Waals surface area contributed by atoms with Crippen LogP contribution >= 0.6 is 11.8 Å². The summed E-state index contributed by atoms with van der Waals surface area (Å²) >= 11 is 1.94. The first-order valence-electron chi connectivity index (χ1n) is 6.98. The molecule has 1 N–H and O–H groups in total. The van der Waals surface area contributed by atoms with E-state index in [-0.39, 0.29) is 0 Å². The molecule has 3 rings (SSSR count). The summed E-state index contributed by atoms with van der Waals surface area (Å²) in [4.78, 5) is 4.56. The summed E-state index contributed by atoms with van der Waals surface area (Å²) in [6.07, 6.45) is 2.79. The number of nitrogens with one attached hydrogen (secondary N) is 1. The van der Waals surface area contributed by atoms with Gasteiger partial charge in [0.15, 0.2) is 0 Å². The Morgan fingerprint density at radius 3 is 3.10 bits per heavy atom. The van der Waals surface area contributed by atoms with Crippen LogP contribution in [0.15, 0.2) is 21.3 Å². The van der Waals surface area contributed by atoms with Crippen LogP contribution in [0, 0.1) is 6.92 Å². The van der Waals surface area contributed by atoms with Crippen molar-refractivity contribution in [1.29, 1.82) is 0 Å². The lowest BCUT2D eigenvalue weighted by Crippen LogP contribution is -2.34. The zero-order chi connectivity index (χ0) is 13.9. The van der Waals surface area contributed by atoms with E-state index in [1.165, 1.54) is 0 Å². The molecule has 0 saturated carbocycles. The summed E-state index contributed by atoms with van der Waals surface area (Å²) in [5, 5.41) is 7.66. The van der Waals surface area contributed by atoms with Gasteiger partial charge in [-0.15, -0.1) is 0 Å². The highest BCUT2D eigenvalue weighted by molar-refractivity contribution is 7.99. The largest absolute Gasteiger partial charge is 0.469 e. The lowest BCUT2D eigenvalue weighted by molar-refractivity contribution is 0.339. The van der Waals surface area contributed by atoms with Gasteiger partial charge in [-0.1, -0.05) is 12.1 Å². The molecule has 1 aliphatic rings. The second-order valence-corrected chi connectivity index (χ2v) is 6.13. The van der Waals surface area contributed by atoms with Gasteiger partial charge >= 0.3 is 0 Å². The minimum atomic E-state index is 0.306. The lowest BCUT2D eigenvalue weighted by atomic mass is 10.0. The van der Waals surface area contributed by atoms with Gasteiger partial charge in [0.25, 0.3) is 0 Å². The van der Waals surface area contributed by atoms with Crippen molar-refractivity contribution in [3.8, 4) is 11.4 Å². The Hall–Kier alpha value is -1.27. The van der Waals surface area contributed by atoms with Crippen molar-refractivity contribution in [3.05, 3.63) is 24.0 Å². The van der Waals surface area contributed by atoms with E-state index < -0.39 is 0 Å². The lowest BCUT2D eigenvalue weighted by Gasteiger charge is -2.16. The number of aryl methyl sites for hydroxylation is 1. The fourth-order valence-electron chi connectivity index (χ4n) is 2.44. The van der Waals surface area contributed by atoms with Crippen molar-refractivity contribution in [3.63, 3.8) is 0 Å². The first-order chi connectivity index (χ1) is 9.79. The Morgan fingerprint density at radius 2 is 2.35 bits per heavy atom. The Morgan fingerprint density at radius 1 is 1.45 bits per heavy atom. The molecule has 0 spiro atoms. The topological polar surface area (TPSA) is 64.1 Å². The molecule has 1 fully saturated rings. The molecule has 0 radical (unpaired) electrons. The van der Waals surface area contributed by atoms with Gasteiger partial charge in [0, 0.05) is 17.5 Å². The smallest absolute Gasteiger partial charge is 0.232 e. The molecule has 6 heteroatoms. The molecular formula is C14H19N3O2S. The first kappa shape index (κ1) is 13.7. The van der Waals surface area contributed by atoms with Crippen molar-refractivity contribution >= 4 is 11.8 Å². The molecular weight excluding hydrogens is 274 g/mol. The second-order valence-electron chi connectivity index (χ2n) is 5.05. The molecule has 2 unspecified atom stereocenters. The van der Waals surface area contributed by atoms with Crippen LogP contribution in [0.4, 0.5) is 0 Å². The van der Waals surface area contributed by atoms with E-state index in [0.717, 1.165) is 41.7 Å². The van der Waals surface area contributed by atoms with Gasteiger partial charge < -0.3 is 14.3 Å². The molecule has 0 bridgehead atoms. The Balaban J connectivity index is 1.78. The average molecular weight is 293 g/mol. The zero-order valence-corrected chi connectivity index (χ0v) is 12.6. The fourth-order valence-corrected chi connectivity index (χ4v) is 3.81. The van der Waals surface area contributed by atoms with Crippen LogP contribution in [-0.4, -0.2) is 34.2 Å². The number of aromatic nitrogens is 2. The van der Waals surface area contributed by atoms with Crippen LogP contribution < -0.4 is 5.32 Å². The predicted octanol–water partition coefficient (Wildman–Crippen LogP) is 2.84. The monoisotopic (exact) mass is 293 g/mol. The number of nitrogens with zero attached hydrogens (tertiary/aromatic N) is 2. The van der Waals surface area contributed by atoms with E-state index in [1.54, 1.807) is 6.26 Å². The molecule has 2 aromatic heterocycles. The van der Waals surface area contributed by atoms with Crippen molar-refractivity contribution < 1.29 is 8.94 Å². The van der Waals surface area contributed by atoms with Gasteiger partial charge in [-0.25, -0.2) is 0 Å². The average Bonchev–Trinajstić information content (AvgIpc) is 3.15. The highest BCUT2D eigenvalue weighted by Gasteiger charge is 2.33. The normalized spacial score (nSPS) is 22.5. The van der Waals surface area contributed by atoms with Gasteiger partial charge in [-0.05, 0) is 26.0 Å². The van der Waals surface area contributed by atoms with E-state index in [0.29, 0.717) is 17.8 Å². The minimum Gasteiger partial charge on any atom is -0.469 e.